The Balaban J connectivity index is 1.80. The van der Waals surface area contributed by atoms with Crippen LogP contribution in [-0.2, 0) is 5.75 Å². The van der Waals surface area contributed by atoms with Crippen molar-refractivity contribution in [1.29, 1.82) is 0 Å². The number of imidazole rings is 1. The quantitative estimate of drug-likeness (QED) is 0.614. The molecule has 2 nitrogen and oxygen atoms in total. The Kier molecular flexibility index (Phi) is 3.82. The van der Waals surface area contributed by atoms with E-state index >= 15 is 0 Å². The predicted molar refractivity (Wildman–Crippen MR) is 83.9 cm³/mol. The smallest absolute Gasteiger partial charge is 0.137 e. The maximum absolute atomic E-state index is 6.14. The molecule has 0 N–H and O–H groups in total. The van der Waals surface area contributed by atoms with E-state index in [0.717, 1.165) is 31.5 Å². The summed E-state index contributed by atoms with van der Waals surface area (Å²) in [5.74, 6) is 0.809. The number of pyridine rings is 1. The van der Waals surface area contributed by atoms with Crippen LogP contribution in [0.15, 0.2) is 58.2 Å². The fourth-order valence-electron chi connectivity index (χ4n) is 1.80. The lowest BCUT2D eigenvalue weighted by atomic mass is 10.4. The molecule has 96 valence electrons. The van der Waals surface area contributed by atoms with E-state index in [0.29, 0.717) is 0 Å². The van der Waals surface area contributed by atoms with Crippen LogP contribution in [0, 0.1) is 0 Å². The molecule has 0 atom stereocenters. The fraction of sp³-hybridized carbons (Fsp3) is 0.0714. The maximum Gasteiger partial charge on any atom is 0.137 e. The van der Waals surface area contributed by atoms with Gasteiger partial charge < -0.3 is 4.40 Å². The summed E-state index contributed by atoms with van der Waals surface area (Å²) in [6.45, 7) is 0. The highest BCUT2D eigenvalue weighted by Gasteiger charge is 2.04. The number of hydrogen-bond donors (Lipinski definition) is 0. The summed E-state index contributed by atoms with van der Waals surface area (Å²) in [6, 6.07) is 11.9. The molecule has 3 aromatic rings. The summed E-state index contributed by atoms with van der Waals surface area (Å²) in [4.78, 5) is 5.66. The molecule has 5 heteroatoms. The van der Waals surface area contributed by atoms with Crippen LogP contribution in [0.1, 0.15) is 5.69 Å². The second-order valence-corrected chi connectivity index (χ2v) is 6.40. The highest BCUT2D eigenvalue weighted by molar-refractivity contribution is 9.10. The van der Waals surface area contributed by atoms with Gasteiger partial charge in [-0.15, -0.1) is 11.8 Å². The lowest BCUT2D eigenvalue weighted by Gasteiger charge is -2.01. The molecule has 0 saturated heterocycles. The standard InChI is InChI=1S/C14H10BrClN2S/c15-10-5-6-14-17-11(8-18(14)7-10)9-19-13-4-2-1-3-12(13)16/h1-8H,9H2. The van der Waals surface area contributed by atoms with Crippen LogP contribution in [-0.4, -0.2) is 9.38 Å². The van der Waals surface area contributed by atoms with Crippen LogP contribution in [0.5, 0.6) is 0 Å². The topological polar surface area (TPSA) is 17.3 Å². The summed E-state index contributed by atoms with van der Waals surface area (Å²) in [6.07, 6.45) is 4.05. The van der Waals surface area contributed by atoms with Gasteiger partial charge in [-0.05, 0) is 40.2 Å². The van der Waals surface area contributed by atoms with E-state index in [2.05, 4.69) is 20.9 Å². The summed E-state index contributed by atoms with van der Waals surface area (Å²) in [7, 11) is 0. The van der Waals surface area contributed by atoms with Crippen molar-refractivity contribution in [3.63, 3.8) is 0 Å². The van der Waals surface area contributed by atoms with Gasteiger partial charge in [-0.25, -0.2) is 4.98 Å². The van der Waals surface area contributed by atoms with E-state index in [-0.39, 0.29) is 0 Å². The van der Waals surface area contributed by atoms with Crippen molar-refractivity contribution in [2.75, 3.05) is 0 Å². The minimum absolute atomic E-state index is 0.791. The first-order valence-corrected chi connectivity index (χ1v) is 7.88. The SMILES string of the molecule is Clc1ccccc1SCc1cn2cc(Br)ccc2n1. The first-order chi connectivity index (χ1) is 9.22. The monoisotopic (exact) mass is 352 g/mol. The van der Waals surface area contributed by atoms with Gasteiger partial charge in [0.1, 0.15) is 5.65 Å². The van der Waals surface area contributed by atoms with Crippen LogP contribution >= 0.6 is 39.3 Å². The number of hydrogen-bond acceptors (Lipinski definition) is 2. The minimum atomic E-state index is 0.791. The molecule has 0 spiro atoms. The lowest BCUT2D eigenvalue weighted by molar-refractivity contribution is 1.17. The summed E-state index contributed by atoms with van der Waals surface area (Å²) in [5, 5.41) is 0.791. The Hall–Kier alpha value is -0.970. The van der Waals surface area contributed by atoms with Gasteiger partial charge in [0, 0.05) is 27.5 Å². The zero-order valence-corrected chi connectivity index (χ0v) is 13.0. The molecule has 2 aromatic heterocycles. The molecule has 0 amide bonds. The van der Waals surface area contributed by atoms with Crippen molar-refractivity contribution < 1.29 is 0 Å². The van der Waals surface area contributed by atoms with E-state index < -0.39 is 0 Å². The molecule has 1 aromatic carbocycles. The van der Waals surface area contributed by atoms with Gasteiger partial charge in [-0.3, -0.25) is 0 Å². The molecule has 19 heavy (non-hydrogen) atoms. The van der Waals surface area contributed by atoms with E-state index in [1.165, 1.54) is 0 Å². The maximum atomic E-state index is 6.14. The fourth-order valence-corrected chi connectivity index (χ4v) is 3.28. The van der Waals surface area contributed by atoms with E-state index in [1.54, 1.807) is 11.8 Å². The van der Waals surface area contributed by atoms with Gasteiger partial charge >= 0.3 is 0 Å². The Morgan fingerprint density at radius 3 is 2.84 bits per heavy atom. The first-order valence-electron chi connectivity index (χ1n) is 5.73. The van der Waals surface area contributed by atoms with Gasteiger partial charge in [0.05, 0.1) is 10.7 Å². The number of aromatic nitrogens is 2. The van der Waals surface area contributed by atoms with Crippen molar-refractivity contribution >= 4 is 44.9 Å². The third kappa shape index (κ3) is 2.96. The minimum Gasteiger partial charge on any atom is -0.306 e. The summed E-state index contributed by atoms with van der Waals surface area (Å²) >= 11 is 11.3. The molecule has 0 aliphatic carbocycles. The third-order valence-electron chi connectivity index (χ3n) is 2.68. The highest BCUT2D eigenvalue weighted by atomic mass is 79.9. The van der Waals surface area contributed by atoms with Gasteiger partial charge in [0.2, 0.25) is 0 Å². The Labute approximate surface area is 128 Å². The molecular formula is C14H10BrClN2S. The molecule has 0 unspecified atom stereocenters. The van der Waals surface area contributed by atoms with Crippen molar-refractivity contribution in [1.82, 2.24) is 9.38 Å². The van der Waals surface area contributed by atoms with E-state index in [9.17, 15) is 0 Å². The van der Waals surface area contributed by atoms with Gasteiger partial charge in [-0.2, -0.15) is 0 Å². The molecule has 3 rings (SSSR count). The van der Waals surface area contributed by atoms with E-state index in [4.69, 9.17) is 11.6 Å². The van der Waals surface area contributed by atoms with Crippen molar-refractivity contribution in [2.24, 2.45) is 0 Å². The normalized spacial score (nSPS) is 11.1. The predicted octanol–water partition coefficient (Wildman–Crippen LogP) is 5.04. The van der Waals surface area contributed by atoms with Crippen LogP contribution in [0.3, 0.4) is 0 Å². The number of rotatable bonds is 3. The Bertz CT molecular complexity index is 726. The van der Waals surface area contributed by atoms with Crippen LogP contribution in [0.4, 0.5) is 0 Å². The lowest BCUT2D eigenvalue weighted by Crippen LogP contribution is -1.80. The molecule has 0 aliphatic rings. The Morgan fingerprint density at radius 1 is 1.16 bits per heavy atom. The molecule has 0 bridgehead atoms. The molecule has 0 aliphatic heterocycles. The molecule has 2 heterocycles. The Morgan fingerprint density at radius 2 is 2.00 bits per heavy atom. The molecular weight excluding hydrogens is 344 g/mol. The second-order valence-electron chi connectivity index (χ2n) is 4.06. The molecule has 0 saturated carbocycles. The van der Waals surface area contributed by atoms with Gasteiger partial charge in [0.15, 0.2) is 0 Å². The number of halogens is 2. The zero-order chi connectivity index (χ0) is 13.2. The van der Waals surface area contributed by atoms with Crippen molar-refractivity contribution in [2.45, 2.75) is 10.6 Å². The average molecular weight is 354 g/mol. The largest absolute Gasteiger partial charge is 0.306 e. The van der Waals surface area contributed by atoms with Crippen molar-refractivity contribution in [3.05, 3.63) is 64.0 Å². The zero-order valence-electron chi connectivity index (χ0n) is 9.88. The van der Waals surface area contributed by atoms with Crippen molar-refractivity contribution in [3.8, 4) is 0 Å². The van der Waals surface area contributed by atoms with Crippen LogP contribution in [0.2, 0.25) is 5.02 Å². The van der Waals surface area contributed by atoms with Crippen LogP contribution in [0.25, 0.3) is 5.65 Å². The third-order valence-corrected chi connectivity index (χ3v) is 4.69. The van der Waals surface area contributed by atoms with E-state index in [1.807, 2.05) is 53.2 Å². The van der Waals surface area contributed by atoms with Gasteiger partial charge in [0.25, 0.3) is 0 Å². The summed E-state index contributed by atoms with van der Waals surface area (Å²) in [5.41, 5.74) is 2.00. The molecule has 0 fully saturated rings. The number of fused-ring (bicyclic) bond motifs is 1. The van der Waals surface area contributed by atoms with Gasteiger partial charge in [-0.1, -0.05) is 23.7 Å². The molecule has 0 radical (unpaired) electrons. The number of nitrogens with zero attached hydrogens (tertiary/aromatic N) is 2. The number of thioether (sulfide) groups is 1. The number of benzene rings is 1. The summed E-state index contributed by atoms with van der Waals surface area (Å²) < 4.78 is 3.06. The highest BCUT2D eigenvalue weighted by Crippen LogP contribution is 2.29. The first kappa shape index (κ1) is 13.0. The van der Waals surface area contributed by atoms with Crippen LogP contribution < -0.4 is 0 Å². The average Bonchev–Trinajstić information content (AvgIpc) is 2.79. The second kappa shape index (κ2) is 5.57.